The van der Waals surface area contributed by atoms with Gasteiger partial charge in [-0.15, -0.1) is 0 Å². The summed E-state index contributed by atoms with van der Waals surface area (Å²) in [6, 6.07) is 10.5. The van der Waals surface area contributed by atoms with E-state index in [0.29, 0.717) is 11.7 Å². The van der Waals surface area contributed by atoms with Crippen LogP contribution in [0.4, 0.5) is 8.78 Å². The van der Waals surface area contributed by atoms with Crippen molar-refractivity contribution in [3.8, 4) is 0 Å². The summed E-state index contributed by atoms with van der Waals surface area (Å²) in [5, 5.41) is 3.15. The molecule has 1 aromatic heterocycles. The van der Waals surface area contributed by atoms with Gasteiger partial charge in [0.1, 0.15) is 5.82 Å². The Morgan fingerprint density at radius 2 is 2.16 bits per heavy atom. The second-order valence-corrected chi connectivity index (χ2v) is 6.22. The summed E-state index contributed by atoms with van der Waals surface area (Å²) in [5.41, 5.74) is 1.34. The maximum atomic E-state index is 12.9. The van der Waals surface area contributed by atoms with E-state index >= 15 is 0 Å². The Morgan fingerprint density at radius 3 is 2.88 bits per heavy atom. The first kappa shape index (κ1) is 17.4. The number of halogens is 2. The summed E-state index contributed by atoms with van der Waals surface area (Å²) in [7, 11) is 1.71. The molecule has 0 saturated carbocycles. The van der Waals surface area contributed by atoms with E-state index in [0.717, 1.165) is 36.5 Å². The molecule has 1 atom stereocenters. The predicted molar refractivity (Wildman–Crippen MR) is 93.5 cm³/mol. The van der Waals surface area contributed by atoms with Crippen molar-refractivity contribution in [2.45, 2.75) is 25.9 Å². The highest BCUT2D eigenvalue weighted by Gasteiger charge is 2.25. The van der Waals surface area contributed by atoms with Crippen LogP contribution >= 0.6 is 0 Å². The summed E-state index contributed by atoms with van der Waals surface area (Å²) in [6.45, 7) is -0.523. The van der Waals surface area contributed by atoms with Gasteiger partial charge in [-0.1, -0.05) is 30.3 Å². The van der Waals surface area contributed by atoms with Crippen LogP contribution in [0.3, 0.4) is 0 Å². The molecule has 0 bridgehead atoms. The number of likely N-dealkylation sites (tertiary alicyclic amines) is 1. The number of guanidine groups is 1. The van der Waals surface area contributed by atoms with Crippen LogP contribution in [0, 0.1) is 5.92 Å². The number of nitrogens with zero attached hydrogens (tertiary/aromatic N) is 4. The van der Waals surface area contributed by atoms with Crippen LogP contribution in [0.15, 0.2) is 47.7 Å². The van der Waals surface area contributed by atoms with Gasteiger partial charge in [0.15, 0.2) is 5.96 Å². The molecule has 1 N–H and O–H groups in total. The van der Waals surface area contributed by atoms with Gasteiger partial charge in [0.2, 0.25) is 0 Å². The van der Waals surface area contributed by atoms with E-state index in [1.807, 2.05) is 6.07 Å². The molecule has 2 aromatic rings. The second-order valence-electron chi connectivity index (χ2n) is 6.22. The van der Waals surface area contributed by atoms with Crippen molar-refractivity contribution >= 4 is 5.96 Å². The van der Waals surface area contributed by atoms with Crippen molar-refractivity contribution in [1.29, 1.82) is 0 Å². The van der Waals surface area contributed by atoms with Gasteiger partial charge in [0, 0.05) is 32.5 Å². The molecule has 1 aromatic carbocycles. The maximum absolute atomic E-state index is 12.9. The number of benzene rings is 1. The summed E-state index contributed by atoms with van der Waals surface area (Å²) in [5.74, 6) is 1.61. The summed E-state index contributed by atoms with van der Waals surface area (Å²) in [6.07, 6.45) is 4.82. The van der Waals surface area contributed by atoms with E-state index in [1.165, 1.54) is 18.0 Å². The van der Waals surface area contributed by atoms with Crippen LogP contribution in [-0.4, -0.2) is 40.5 Å². The lowest BCUT2D eigenvalue weighted by Crippen LogP contribution is -2.40. The van der Waals surface area contributed by atoms with Gasteiger partial charge < -0.3 is 10.2 Å². The smallest absolute Gasteiger partial charge is 0.319 e. The van der Waals surface area contributed by atoms with Crippen LogP contribution < -0.4 is 5.32 Å². The first-order valence-electron chi connectivity index (χ1n) is 8.46. The van der Waals surface area contributed by atoms with E-state index in [4.69, 9.17) is 0 Å². The molecule has 2 heterocycles. The zero-order chi connectivity index (χ0) is 17.6. The fraction of sp³-hybridized carbons (Fsp3) is 0.444. The van der Waals surface area contributed by atoms with Crippen LogP contribution in [0.1, 0.15) is 24.4 Å². The second kappa shape index (κ2) is 8.09. The van der Waals surface area contributed by atoms with Gasteiger partial charge in [-0.3, -0.25) is 9.56 Å². The summed E-state index contributed by atoms with van der Waals surface area (Å²) < 4.78 is 26.6. The third-order valence-corrected chi connectivity index (χ3v) is 4.53. The van der Waals surface area contributed by atoms with Crippen molar-refractivity contribution in [3.05, 3.63) is 54.1 Å². The molecule has 1 aliphatic rings. The Balaban J connectivity index is 1.54. The lowest BCUT2D eigenvalue weighted by molar-refractivity contribution is 0.0668. The molecule has 1 fully saturated rings. The zero-order valence-corrected chi connectivity index (χ0v) is 14.3. The Morgan fingerprint density at radius 1 is 1.36 bits per heavy atom. The van der Waals surface area contributed by atoms with Crippen molar-refractivity contribution in [2.24, 2.45) is 10.9 Å². The normalized spacial score (nSPS) is 18.2. The molecule has 5 nitrogen and oxygen atoms in total. The molecule has 134 valence electrons. The number of nitrogens with one attached hydrogen (secondary N) is 1. The number of aliphatic imine (C=N–C) groups is 1. The third kappa shape index (κ3) is 4.35. The average Bonchev–Trinajstić information content (AvgIpc) is 3.26. The van der Waals surface area contributed by atoms with Crippen LogP contribution in [0.25, 0.3) is 0 Å². The van der Waals surface area contributed by atoms with Gasteiger partial charge in [-0.25, -0.2) is 4.98 Å². The lowest BCUT2D eigenvalue weighted by Gasteiger charge is -2.22. The number of hydrogen-bond acceptors (Lipinski definition) is 2. The first-order valence-corrected chi connectivity index (χ1v) is 8.46. The number of imidazole rings is 1. The molecular formula is C18H23F2N5. The molecule has 3 rings (SSSR count). The van der Waals surface area contributed by atoms with Gasteiger partial charge in [0.25, 0.3) is 0 Å². The zero-order valence-electron chi connectivity index (χ0n) is 14.3. The monoisotopic (exact) mass is 347 g/mol. The van der Waals surface area contributed by atoms with E-state index in [2.05, 4.69) is 44.5 Å². The number of hydrogen-bond donors (Lipinski definition) is 1. The largest absolute Gasteiger partial charge is 0.349 e. The molecule has 1 saturated heterocycles. The molecule has 25 heavy (non-hydrogen) atoms. The number of alkyl halides is 2. The minimum atomic E-state index is -2.58. The highest BCUT2D eigenvalue weighted by Crippen LogP contribution is 2.21. The topological polar surface area (TPSA) is 45.5 Å². The molecule has 0 aliphatic carbocycles. The molecule has 0 radical (unpaired) electrons. The fourth-order valence-electron chi connectivity index (χ4n) is 3.29. The Labute approximate surface area is 146 Å². The SMILES string of the molecule is CN=C(NCc1nccn1C(F)F)N1CCC(Cc2ccccc2)C1. The maximum Gasteiger partial charge on any atom is 0.319 e. The fourth-order valence-corrected chi connectivity index (χ4v) is 3.29. The quantitative estimate of drug-likeness (QED) is 0.668. The van der Waals surface area contributed by atoms with Gasteiger partial charge in [-0.05, 0) is 24.3 Å². The Hall–Kier alpha value is -2.44. The molecule has 0 amide bonds. The van der Waals surface area contributed by atoms with Gasteiger partial charge in [0.05, 0.1) is 6.54 Å². The molecule has 0 spiro atoms. The van der Waals surface area contributed by atoms with Crippen molar-refractivity contribution < 1.29 is 8.78 Å². The molecule has 1 unspecified atom stereocenters. The molecule has 1 aliphatic heterocycles. The highest BCUT2D eigenvalue weighted by atomic mass is 19.3. The molecule has 7 heteroatoms. The lowest BCUT2D eigenvalue weighted by atomic mass is 9.99. The minimum Gasteiger partial charge on any atom is -0.349 e. The number of rotatable bonds is 5. The van der Waals surface area contributed by atoms with E-state index in [-0.39, 0.29) is 6.54 Å². The van der Waals surface area contributed by atoms with Crippen molar-refractivity contribution in [2.75, 3.05) is 20.1 Å². The van der Waals surface area contributed by atoms with Crippen LogP contribution in [0.5, 0.6) is 0 Å². The van der Waals surface area contributed by atoms with E-state index in [1.54, 1.807) is 7.05 Å². The van der Waals surface area contributed by atoms with Crippen molar-refractivity contribution in [1.82, 2.24) is 19.8 Å². The van der Waals surface area contributed by atoms with Crippen molar-refractivity contribution in [3.63, 3.8) is 0 Å². The Kier molecular flexibility index (Phi) is 5.63. The van der Waals surface area contributed by atoms with Crippen LogP contribution in [-0.2, 0) is 13.0 Å². The van der Waals surface area contributed by atoms with E-state index in [9.17, 15) is 8.78 Å². The van der Waals surface area contributed by atoms with E-state index < -0.39 is 6.55 Å². The third-order valence-electron chi connectivity index (χ3n) is 4.53. The minimum absolute atomic E-state index is 0.226. The number of aromatic nitrogens is 2. The van der Waals surface area contributed by atoms with Crippen LogP contribution in [0.2, 0.25) is 0 Å². The predicted octanol–water partition coefficient (Wildman–Crippen LogP) is 2.92. The Bertz CT molecular complexity index is 699. The average molecular weight is 347 g/mol. The summed E-state index contributed by atoms with van der Waals surface area (Å²) in [4.78, 5) is 10.5. The molecular weight excluding hydrogens is 324 g/mol. The standard InChI is InChI=1S/C18H23F2N5/c1-21-18(23-12-16-22-8-10-25(16)17(19)20)24-9-7-15(13-24)11-14-5-3-2-4-6-14/h2-6,8,10,15,17H,7,9,11-13H2,1H3,(H,21,23). The summed E-state index contributed by atoms with van der Waals surface area (Å²) >= 11 is 0. The van der Waals surface area contributed by atoms with Gasteiger partial charge >= 0.3 is 6.55 Å². The first-order chi connectivity index (χ1) is 12.2. The highest BCUT2D eigenvalue weighted by molar-refractivity contribution is 5.80. The van der Waals surface area contributed by atoms with Gasteiger partial charge in [-0.2, -0.15) is 8.78 Å².